The third kappa shape index (κ3) is 4.44. The third-order valence-electron chi connectivity index (χ3n) is 4.54. The summed E-state index contributed by atoms with van der Waals surface area (Å²) in [6.07, 6.45) is 3.08. The van der Waals surface area contributed by atoms with Crippen LogP contribution in [0.1, 0.15) is 23.6 Å². The molecular weight excluding hydrogens is 416 g/mol. The van der Waals surface area contributed by atoms with Gasteiger partial charge in [-0.3, -0.25) is 24.5 Å². The number of hydrogen-bond donors (Lipinski definition) is 1. The number of rotatable bonds is 7. The minimum Gasteiger partial charge on any atom is -0.494 e. The number of hydrogen-bond acceptors (Lipinski definition) is 9. The first-order chi connectivity index (χ1) is 15.4. The summed E-state index contributed by atoms with van der Waals surface area (Å²) in [7, 11) is 0. The maximum absolute atomic E-state index is 13.0. The molecule has 0 spiro atoms. The zero-order chi connectivity index (χ0) is 23.3. The molecule has 162 valence electrons. The molecule has 0 amide bonds. The average molecular weight is 434 g/mol. The molecule has 2 heterocycles. The second-order valence-corrected chi connectivity index (χ2v) is 6.58. The molecule has 1 N–H and O–H groups in total. The van der Waals surface area contributed by atoms with Crippen LogP contribution in [0.5, 0.6) is 11.6 Å². The number of aromatic hydroxyl groups is 1. The van der Waals surface area contributed by atoms with Crippen LogP contribution in [-0.4, -0.2) is 26.2 Å². The Kier molecular flexibility index (Phi) is 6.55. The van der Waals surface area contributed by atoms with E-state index in [1.54, 1.807) is 25.3 Å². The van der Waals surface area contributed by atoms with Gasteiger partial charge >= 0.3 is 0 Å². The zero-order valence-corrected chi connectivity index (χ0v) is 17.2. The Morgan fingerprint density at radius 3 is 2.75 bits per heavy atom. The van der Waals surface area contributed by atoms with Gasteiger partial charge in [0.1, 0.15) is 17.4 Å². The lowest BCUT2D eigenvalue weighted by molar-refractivity contribution is -0.384. The van der Waals surface area contributed by atoms with Crippen molar-refractivity contribution in [3.8, 4) is 17.7 Å². The van der Waals surface area contributed by atoms with Gasteiger partial charge in [0.25, 0.3) is 11.2 Å². The fourth-order valence-electron chi connectivity index (χ4n) is 2.97. The van der Waals surface area contributed by atoms with Gasteiger partial charge in [-0.15, -0.1) is 10.2 Å². The molecule has 32 heavy (non-hydrogen) atoms. The molecule has 11 nitrogen and oxygen atoms in total. The van der Waals surface area contributed by atoms with Crippen LogP contribution in [0, 0.1) is 28.4 Å². The Hall–Kier alpha value is -4.59. The van der Waals surface area contributed by atoms with Crippen molar-refractivity contribution in [1.29, 1.82) is 5.26 Å². The summed E-state index contributed by atoms with van der Waals surface area (Å²) in [5, 5.41) is 39.2. The van der Waals surface area contributed by atoms with E-state index in [2.05, 4.69) is 15.2 Å². The molecule has 0 aliphatic heterocycles. The highest BCUT2D eigenvalue weighted by Gasteiger charge is 2.20. The molecule has 11 heteroatoms. The fourth-order valence-corrected chi connectivity index (χ4v) is 2.97. The molecule has 0 aliphatic carbocycles. The topological polar surface area (TPSA) is 156 Å². The fraction of sp³-hybridized carbons (Fsp3) is 0.190. The number of nitrogens with zero attached hydrogens (tertiary/aromatic N) is 6. The maximum Gasteiger partial charge on any atom is 0.300 e. The molecule has 2 aromatic heterocycles. The Balaban J connectivity index is 2.12. The molecule has 0 bridgehead atoms. The predicted molar refractivity (Wildman–Crippen MR) is 114 cm³/mol. The third-order valence-corrected chi connectivity index (χ3v) is 4.54. The second-order valence-electron chi connectivity index (χ2n) is 6.58. The molecule has 3 rings (SSSR count). The molecule has 0 unspecified atom stereocenters. The number of ether oxygens (including phenoxy) is 1. The highest BCUT2D eigenvalue weighted by atomic mass is 16.6. The number of nitro groups is 1. The van der Waals surface area contributed by atoms with Crippen molar-refractivity contribution in [3.63, 3.8) is 0 Å². The lowest BCUT2D eigenvalue weighted by Crippen LogP contribution is -2.22. The van der Waals surface area contributed by atoms with Gasteiger partial charge in [0.05, 0.1) is 24.1 Å². The minimum absolute atomic E-state index is 0.0564. The van der Waals surface area contributed by atoms with E-state index < -0.39 is 16.4 Å². The van der Waals surface area contributed by atoms with Crippen LogP contribution in [0.25, 0.3) is 0 Å². The number of nitriles is 1. The number of pyridine rings is 2. The van der Waals surface area contributed by atoms with Crippen molar-refractivity contribution >= 4 is 17.1 Å². The highest BCUT2D eigenvalue weighted by Crippen LogP contribution is 2.33. The van der Waals surface area contributed by atoms with E-state index in [0.29, 0.717) is 17.9 Å². The summed E-state index contributed by atoms with van der Waals surface area (Å²) < 4.78 is 6.25. The summed E-state index contributed by atoms with van der Waals surface area (Å²) in [6, 6.07) is 9.28. The first kappa shape index (κ1) is 22.1. The first-order valence-corrected chi connectivity index (χ1v) is 9.45. The van der Waals surface area contributed by atoms with Crippen LogP contribution >= 0.6 is 0 Å². The van der Waals surface area contributed by atoms with Crippen molar-refractivity contribution in [2.75, 3.05) is 6.61 Å². The van der Waals surface area contributed by atoms with Crippen LogP contribution in [0.2, 0.25) is 0 Å². The summed E-state index contributed by atoms with van der Waals surface area (Å²) in [4.78, 5) is 27.8. The van der Waals surface area contributed by atoms with Gasteiger partial charge in [-0.2, -0.15) is 5.26 Å². The van der Waals surface area contributed by atoms with Crippen LogP contribution in [-0.2, 0) is 6.54 Å². The molecule has 0 saturated carbocycles. The lowest BCUT2D eigenvalue weighted by Gasteiger charge is -2.13. The van der Waals surface area contributed by atoms with E-state index in [0.717, 1.165) is 4.57 Å². The van der Waals surface area contributed by atoms with Gasteiger partial charge < -0.3 is 9.84 Å². The van der Waals surface area contributed by atoms with Crippen LogP contribution in [0.15, 0.2) is 57.7 Å². The Labute approximate surface area is 182 Å². The van der Waals surface area contributed by atoms with E-state index in [1.165, 1.54) is 31.3 Å². The molecule has 1 aromatic carbocycles. The number of benzene rings is 1. The first-order valence-electron chi connectivity index (χ1n) is 9.45. The minimum atomic E-state index is -0.708. The number of azo groups is 1. The summed E-state index contributed by atoms with van der Waals surface area (Å²) in [6.45, 7) is 3.46. The molecular formula is C21H18N6O5. The SMILES string of the molecule is CCOc1ccc(N=Nc2c(C)c(C#N)c(O)n(Cc3cccnc3)c2=O)c([N+](=O)[O-])c1. The Morgan fingerprint density at radius 1 is 1.34 bits per heavy atom. The summed E-state index contributed by atoms with van der Waals surface area (Å²) >= 11 is 0. The van der Waals surface area contributed by atoms with Crippen molar-refractivity contribution in [3.05, 3.63) is 79.9 Å². The van der Waals surface area contributed by atoms with E-state index in [4.69, 9.17) is 4.74 Å². The van der Waals surface area contributed by atoms with Crippen molar-refractivity contribution in [2.45, 2.75) is 20.4 Å². The van der Waals surface area contributed by atoms with Gasteiger partial charge in [-0.05, 0) is 37.6 Å². The monoisotopic (exact) mass is 434 g/mol. The van der Waals surface area contributed by atoms with E-state index in [1.807, 2.05) is 6.07 Å². The average Bonchev–Trinajstić information content (AvgIpc) is 2.78. The van der Waals surface area contributed by atoms with Gasteiger partial charge in [-0.1, -0.05) is 6.07 Å². The molecule has 0 saturated heterocycles. The van der Waals surface area contributed by atoms with Crippen molar-refractivity contribution < 1.29 is 14.8 Å². The highest BCUT2D eigenvalue weighted by molar-refractivity contribution is 5.61. The predicted octanol–water partition coefficient (Wildman–Crippen LogP) is 3.90. The molecule has 0 fully saturated rings. The smallest absolute Gasteiger partial charge is 0.300 e. The van der Waals surface area contributed by atoms with Crippen LogP contribution < -0.4 is 10.3 Å². The number of nitro benzene ring substituents is 1. The Morgan fingerprint density at radius 2 is 2.12 bits per heavy atom. The summed E-state index contributed by atoms with van der Waals surface area (Å²) in [5.74, 6) is -0.214. The van der Waals surface area contributed by atoms with Crippen LogP contribution in [0.3, 0.4) is 0 Å². The van der Waals surface area contributed by atoms with E-state index >= 15 is 0 Å². The van der Waals surface area contributed by atoms with E-state index in [9.17, 15) is 25.3 Å². The standard InChI is InChI=1S/C21H18N6O5/c1-3-32-15-6-7-17(18(9-15)27(30)31)24-25-19-13(2)16(10-22)20(28)26(21(19)29)12-14-5-4-8-23-11-14/h4-9,11,28H,3,12H2,1-2H3. The quantitative estimate of drug-likeness (QED) is 0.336. The van der Waals surface area contributed by atoms with Gasteiger partial charge in [-0.25, -0.2) is 0 Å². The molecule has 0 atom stereocenters. The Bertz CT molecular complexity index is 1290. The maximum atomic E-state index is 13.0. The van der Waals surface area contributed by atoms with Gasteiger partial charge in [0.15, 0.2) is 11.4 Å². The van der Waals surface area contributed by atoms with Crippen LogP contribution in [0.4, 0.5) is 17.1 Å². The normalized spacial score (nSPS) is 10.8. The second kappa shape index (κ2) is 9.48. The van der Waals surface area contributed by atoms with Crippen molar-refractivity contribution in [1.82, 2.24) is 9.55 Å². The zero-order valence-electron chi connectivity index (χ0n) is 17.2. The number of aromatic nitrogens is 2. The lowest BCUT2D eigenvalue weighted by atomic mass is 10.1. The summed E-state index contributed by atoms with van der Waals surface area (Å²) in [5.41, 5.74) is -0.803. The van der Waals surface area contributed by atoms with Gasteiger partial charge in [0, 0.05) is 18.0 Å². The molecule has 0 radical (unpaired) electrons. The molecule has 3 aromatic rings. The van der Waals surface area contributed by atoms with Gasteiger partial charge in [0.2, 0.25) is 5.88 Å². The molecule has 0 aliphatic rings. The largest absolute Gasteiger partial charge is 0.494 e. The van der Waals surface area contributed by atoms with Crippen molar-refractivity contribution in [2.24, 2.45) is 10.2 Å². The van der Waals surface area contributed by atoms with E-state index in [-0.39, 0.29) is 34.7 Å².